The van der Waals surface area contributed by atoms with Crippen molar-refractivity contribution in [3.05, 3.63) is 84.7 Å². The molecule has 4 aromatic rings. The van der Waals surface area contributed by atoms with Crippen molar-refractivity contribution >= 4 is 38.6 Å². The van der Waals surface area contributed by atoms with Crippen molar-refractivity contribution < 1.29 is 13.5 Å². The van der Waals surface area contributed by atoms with E-state index in [0.717, 1.165) is 10.8 Å². The van der Waals surface area contributed by atoms with Gasteiger partial charge in [0.05, 0.1) is 10.6 Å². The maximum Gasteiger partial charge on any atom is 0.264 e. The predicted octanol–water partition coefficient (Wildman–Crippen LogP) is 3.89. The van der Waals surface area contributed by atoms with Gasteiger partial charge in [-0.2, -0.15) is 0 Å². The van der Waals surface area contributed by atoms with Gasteiger partial charge in [0.15, 0.2) is 0 Å². The lowest BCUT2D eigenvalue weighted by Crippen LogP contribution is -2.14. The van der Waals surface area contributed by atoms with E-state index in [4.69, 9.17) is 0 Å². The number of nitrogens with zero attached hydrogens (tertiary/aromatic N) is 3. The second-order valence-corrected chi connectivity index (χ2v) is 7.83. The number of aliphatic imine (C=N–C) groups is 1. The Balaban J connectivity index is 1.58. The lowest BCUT2D eigenvalue weighted by Gasteiger charge is -2.06. The summed E-state index contributed by atoms with van der Waals surface area (Å²) < 4.78 is 27.2. The minimum Gasteiger partial charge on any atom is -0.507 e. The summed E-state index contributed by atoms with van der Waals surface area (Å²) in [7, 11) is -3.80. The highest BCUT2D eigenvalue weighted by Gasteiger charge is 2.15. The van der Waals surface area contributed by atoms with E-state index in [-0.39, 0.29) is 16.6 Å². The molecule has 0 bridgehead atoms. The van der Waals surface area contributed by atoms with Gasteiger partial charge in [0.2, 0.25) is 5.95 Å². The van der Waals surface area contributed by atoms with Crippen LogP contribution in [-0.4, -0.2) is 29.7 Å². The summed E-state index contributed by atoms with van der Waals surface area (Å²) in [6.07, 6.45) is 4.47. The fourth-order valence-electron chi connectivity index (χ4n) is 2.80. The van der Waals surface area contributed by atoms with Crippen LogP contribution in [0, 0.1) is 0 Å². The lowest BCUT2D eigenvalue weighted by atomic mass is 10.0. The zero-order valence-corrected chi connectivity index (χ0v) is 15.9. The summed E-state index contributed by atoms with van der Waals surface area (Å²) in [5, 5.41) is 12.1. The molecular weight excluding hydrogens is 388 g/mol. The Labute approximate surface area is 167 Å². The molecule has 0 fully saturated rings. The molecule has 2 N–H and O–H groups in total. The van der Waals surface area contributed by atoms with E-state index in [1.54, 1.807) is 30.5 Å². The Morgan fingerprint density at radius 3 is 2.38 bits per heavy atom. The highest BCUT2D eigenvalue weighted by molar-refractivity contribution is 7.92. The van der Waals surface area contributed by atoms with E-state index < -0.39 is 10.0 Å². The van der Waals surface area contributed by atoms with Crippen molar-refractivity contribution in [3.63, 3.8) is 0 Å². The third-order valence-corrected chi connectivity index (χ3v) is 5.57. The maximum atomic E-state index is 12.4. The lowest BCUT2D eigenvalue weighted by molar-refractivity contribution is 0.475. The minimum atomic E-state index is -3.80. The minimum absolute atomic E-state index is 0.000952. The Kier molecular flexibility index (Phi) is 4.92. The van der Waals surface area contributed by atoms with Gasteiger partial charge in [0.1, 0.15) is 5.75 Å². The zero-order chi connectivity index (χ0) is 20.3. The van der Waals surface area contributed by atoms with Crippen LogP contribution >= 0.6 is 0 Å². The molecular formula is C21H16N4O3S. The second kappa shape index (κ2) is 7.69. The number of fused-ring (bicyclic) bond motifs is 1. The average Bonchev–Trinajstić information content (AvgIpc) is 2.74. The van der Waals surface area contributed by atoms with Gasteiger partial charge < -0.3 is 5.11 Å². The van der Waals surface area contributed by atoms with Gasteiger partial charge >= 0.3 is 0 Å². The molecule has 0 spiro atoms. The van der Waals surface area contributed by atoms with Crippen LogP contribution < -0.4 is 4.72 Å². The fraction of sp³-hybridized carbons (Fsp3) is 0. The molecule has 0 aliphatic heterocycles. The first-order chi connectivity index (χ1) is 14.0. The molecule has 1 heterocycles. The summed E-state index contributed by atoms with van der Waals surface area (Å²) >= 11 is 0. The number of phenols is 1. The van der Waals surface area contributed by atoms with Gasteiger partial charge in [-0.25, -0.2) is 23.1 Å². The summed E-state index contributed by atoms with van der Waals surface area (Å²) in [6.45, 7) is 0. The van der Waals surface area contributed by atoms with Crippen LogP contribution in [0.5, 0.6) is 5.75 Å². The molecule has 7 nitrogen and oxygen atoms in total. The number of anilines is 1. The number of phenolic OH excluding ortho intramolecular Hbond substituents is 1. The third-order valence-electron chi connectivity index (χ3n) is 4.23. The molecule has 0 amide bonds. The van der Waals surface area contributed by atoms with E-state index in [0.29, 0.717) is 11.3 Å². The highest BCUT2D eigenvalue weighted by atomic mass is 32.2. The highest BCUT2D eigenvalue weighted by Crippen LogP contribution is 2.26. The molecule has 0 aliphatic rings. The number of nitrogens with one attached hydrogen (secondary N) is 1. The van der Waals surface area contributed by atoms with Crippen LogP contribution in [0.3, 0.4) is 0 Å². The SMILES string of the molecule is O=S(=O)(Nc1ncccn1)c1ccc(N=Cc2c(O)ccc3ccccc23)cc1. The van der Waals surface area contributed by atoms with Crippen molar-refractivity contribution in [2.75, 3.05) is 4.72 Å². The molecule has 0 saturated heterocycles. The molecule has 3 aromatic carbocycles. The Bertz CT molecular complexity index is 1290. The molecule has 0 atom stereocenters. The number of benzene rings is 3. The van der Waals surface area contributed by atoms with Crippen molar-refractivity contribution in [3.8, 4) is 5.75 Å². The van der Waals surface area contributed by atoms with Gasteiger partial charge in [0.25, 0.3) is 10.0 Å². The molecule has 29 heavy (non-hydrogen) atoms. The van der Waals surface area contributed by atoms with Crippen molar-refractivity contribution in [2.24, 2.45) is 4.99 Å². The molecule has 144 valence electrons. The van der Waals surface area contributed by atoms with Crippen molar-refractivity contribution in [2.45, 2.75) is 4.90 Å². The number of rotatable bonds is 5. The number of hydrogen-bond donors (Lipinski definition) is 2. The summed E-state index contributed by atoms with van der Waals surface area (Å²) in [4.78, 5) is 12.1. The standard InChI is InChI=1S/C21H16N4O3S/c26-20-11-6-15-4-1-2-5-18(15)19(20)14-24-16-7-9-17(10-8-16)29(27,28)25-21-22-12-3-13-23-21/h1-14,26H,(H,22,23,25). The smallest absolute Gasteiger partial charge is 0.264 e. The first kappa shape index (κ1) is 18.6. The van der Waals surface area contributed by atoms with Crippen LogP contribution in [0.15, 0.2) is 89.0 Å². The molecule has 0 saturated carbocycles. The van der Waals surface area contributed by atoms with Crippen LogP contribution in [0.2, 0.25) is 0 Å². The van der Waals surface area contributed by atoms with Gasteiger partial charge in [0, 0.05) is 24.2 Å². The summed E-state index contributed by atoms with van der Waals surface area (Å²) in [5.41, 5.74) is 1.15. The van der Waals surface area contributed by atoms with E-state index in [2.05, 4.69) is 19.7 Å². The number of aromatic nitrogens is 2. The fourth-order valence-corrected chi connectivity index (χ4v) is 3.76. The van der Waals surface area contributed by atoms with E-state index in [9.17, 15) is 13.5 Å². The molecule has 8 heteroatoms. The van der Waals surface area contributed by atoms with Gasteiger partial charge in [-0.3, -0.25) is 4.99 Å². The van der Waals surface area contributed by atoms with Gasteiger partial charge in [-0.05, 0) is 47.2 Å². The third kappa shape index (κ3) is 4.07. The number of sulfonamides is 1. The topological polar surface area (TPSA) is 105 Å². The first-order valence-corrected chi connectivity index (χ1v) is 10.2. The Morgan fingerprint density at radius 2 is 1.62 bits per heavy atom. The molecule has 1 aromatic heterocycles. The number of aromatic hydroxyl groups is 1. The van der Waals surface area contributed by atoms with Crippen LogP contribution in [0.4, 0.5) is 11.6 Å². The van der Waals surface area contributed by atoms with Crippen molar-refractivity contribution in [1.29, 1.82) is 0 Å². The van der Waals surface area contributed by atoms with E-state index in [1.165, 1.54) is 24.5 Å². The largest absolute Gasteiger partial charge is 0.507 e. The average molecular weight is 404 g/mol. The van der Waals surface area contributed by atoms with Crippen LogP contribution in [-0.2, 0) is 10.0 Å². The van der Waals surface area contributed by atoms with Gasteiger partial charge in [-0.1, -0.05) is 30.3 Å². The maximum absolute atomic E-state index is 12.4. The normalized spacial score (nSPS) is 11.7. The molecule has 0 unspecified atom stereocenters. The first-order valence-electron chi connectivity index (χ1n) is 8.68. The monoisotopic (exact) mass is 404 g/mol. The molecule has 0 radical (unpaired) electrons. The molecule has 4 rings (SSSR count). The quantitative estimate of drug-likeness (QED) is 0.491. The van der Waals surface area contributed by atoms with Gasteiger partial charge in [-0.15, -0.1) is 0 Å². The van der Waals surface area contributed by atoms with Crippen LogP contribution in [0.25, 0.3) is 10.8 Å². The second-order valence-electron chi connectivity index (χ2n) is 6.15. The predicted molar refractivity (Wildman–Crippen MR) is 112 cm³/mol. The summed E-state index contributed by atoms with van der Waals surface area (Å²) in [5.74, 6) is 0.125. The van der Waals surface area contributed by atoms with Crippen molar-refractivity contribution in [1.82, 2.24) is 9.97 Å². The Hall–Kier alpha value is -3.78. The van der Waals surface area contributed by atoms with E-state index in [1.807, 2.05) is 30.3 Å². The Morgan fingerprint density at radius 1 is 0.897 bits per heavy atom. The van der Waals surface area contributed by atoms with E-state index >= 15 is 0 Å². The van der Waals surface area contributed by atoms with Crippen LogP contribution in [0.1, 0.15) is 5.56 Å². The zero-order valence-electron chi connectivity index (χ0n) is 15.1. The number of hydrogen-bond acceptors (Lipinski definition) is 6. The summed E-state index contributed by atoms with van der Waals surface area (Å²) in [6, 6.07) is 18.8. The molecule has 0 aliphatic carbocycles.